The maximum absolute atomic E-state index is 5.55. The van der Waals surface area contributed by atoms with Crippen molar-refractivity contribution in [3.63, 3.8) is 0 Å². The summed E-state index contributed by atoms with van der Waals surface area (Å²) in [7, 11) is 3.50. The number of benzene rings is 1. The normalized spacial score (nSPS) is 11.5. The van der Waals surface area contributed by atoms with Crippen LogP contribution in [0.25, 0.3) is 0 Å². The van der Waals surface area contributed by atoms with Crippen LogP contribution >= 0.6 is 0 Å². The molecule has 0 aliphatic heterocycles. The highest BCUT2D eigenvalue weighted by atomic mass is 16.5. The average Bonchev–Trinajstić information content (AvgIpc) is 2.58. The molecular formula is C18H31N3O2. The molecule has 0 aromatic heterocycles. The fourth-order valence-electron chi connectivity index (χ4n) is 2.16. The summed E-state index contributed by atoms with van der Waals surface area (Å²) in [6.07, 6.45) is 3.29. The van der Waals surface area contributed by atoms with Gasteiger partial charge < -0.3 is 20.1 Å². The van der Waals surface area contributed by atoms with Crippen LogP contribution < -0.4 is 10.6 Å². The van der Waals surface area contributed by atoms with Gasteiger partial charge in [-0.25, -0.2) is 0 Å². The summed E-state index contributed by atoms with van der Waals surface area (Å²) < 4.78 is 10.8. The molecule has 0 unspecified atom stereocenters. The van der Waals surface area contributed by atoms with Gasteiger partial charge in [0.05, 0.1) is 6.61 Å². The van der Waals surface area contributed by atoms with Crippen molar-refractivity contribution < 1.29 is 9.47 Å². The second kappa shape index (κ2) is 12.9. The van der Waals surface area contributed by atoms with Gasteiger partial charge in [0.15, 0.2) is 5.96 Å². The van der Waals surface area contributed by atoms with E-state index in [2.05, 4.69) is 34.7 Å². The molecule has 1 aromatic carbocycles. The Balaban J connectivity index is 2.26. The van der Waals surface area contributed by atoms with Crippen LogP contribution in [0.15, 0.2) is 29.3 Å². The Morgan fingerprint density at radius 3 is 2.52 bits per heavy atom. The molecule has 0 amide bonds. The van der Waals surface area contributed by atoms with Crippen molar-refractivity contribution in [1.82, 2.24) is 10.6 Å². The Morgan fingerprint density at radius 1 is 1.09 bits per heavy atom. The van der Waals surface area contributed by atoms with E-state index in [1.807, 2.05) is 12.1 Å². The summed E-state index contributed by atoms with van der Waals surface area (Å²) in [5.74, 6) is 0.811. The predicted molar refractivity (Wildman–Crippen MR) is 95.7 cm³/mol. The van der Waals surface area contributed by atoms with Crippen molar-refractivity contribution >= 4 is 5.96 Å². The van der Waals surface area contributed by atoms with E-state index in [0.29, 0.717) is 6.61 Å². The molecule has 0 aliphatic carbocycles. The first-order valence-electron chi connectivity index (χ1n) is 8.39. The molecule has 0 fully saturated rings. The van der Waals surface area contributed by atoms with Crippen molar-refractivity contribution in [2.24, 2.45) is 4.99 Å². The van der Waals surface area contributed by atoms with Crippen LogP contribution in [0, 0.1) is 0 Å². The number of hydrogen-bond acceptors (Lipinski definition) is 3. The number of nitrogens with zero attached hydrogens (tertiary/aromatic N) is 1. The molecule has 0 aliphatic rings. The number of aliphatic imine (C=N–C) groups is 1. The van der Waals surface area contributed by atoms with Gasteiger partial charge in [-0.2, -0.15) is 0 Å². The van der Waals surface area contributed by atoms with Crippen LogP contribution in [0.2, 0.25) is 0 Å². The molecule has 2 N–H and O–H groups in total. The van der Waals surface area contributed by atoms with Crippen molar-refractivity contribution in [1.29, 1.82) is 0 Å². The summed E-state index contributed by atoms with van der Waals surface area (Å²) >= 11 is 0. The number of ether oxygens (including phenoxy) is 2. The summed E-state index contributed by atoms with van der Waals surface area (Å²) in [6, 6.07) is 8.27. The molecule has 0 heterocycles. The minimum atomic E-state index is 0.624. The second-order valence-corrected chi connectivity index (χ2v) is 5.37. The smallest absolute Gasteiger partial charge is 0.191 e. The average molecular weight is 321 g/mol. The first-order chi connectivity index (χ1) is 11.3. The quantitative estimate of drug-likeness (QED) is 0.374. The van der Waals surface area contributed by atoms with Crippen molar-refractivity contribution in [3.8, 4) is 0 Å². The number of rotatable bonds is 11. The first-order valence-corrected chi connectivity index (χ1v) is 8.39. The maximum atomic E-state index is 5.55. The predicted octanol–water partition coefficient (Wildman–Crippen LogP) is 2.70. The Morgan fingerprint density at radius 2 is 1.83 bits per heavy atom. The van der Waals surface area contributed by atoms with Crippen molar-refractivity contribution in [3.05, 3.63) is 35.4 Å². The number of hydrogen-bond donors (Lipinski definition) is 2. The number of guanidine groups is 1. The van der Waals surface area contributed by atoms with E-state index >= 15 is 0 Å². The van der Waals surface area contributed by atoms with Gasteiger partial charge in [0.2, 0.25) is 0 Å². The molecule has 0 saturated carbocycles. The molecule has 1 rings (SSSR count). The molecule has 0 saturated heterocycles. The minimum absolute atomic E-state index is 0.624. The molecule has 5 nitrogen and oxygen atoms in total. The number of methoxy groups -OCH3 is 1. The highest BCUT2D eigenvalue weighted by Crippen LogP contribution is 2.09. The zero-order valence-electron chi connectivity index (χ0n) is 14.7. The van der Waals surface area contributed by atoms with E-state index in [-0.39, 0.29) is 0 Å². The van der Waals surface area contributed by atoms with E-state index in [9.17, 15) is 0 Å². The Hall–Kier alpha value is -1.59. The van der Waals surface area contributed by atoms with Crippen LogP contribution in [0.5, 0.6) is 0 Å². The Labute approximate surface area is 140 Å². The fourth-order valence-corrected chi connectivity index (χ4v) is 2.16. The van der Waals surface area contributed by atoms with Gasteiger partial charge in [-0.15, -0.1) is 0 Å². The second-order valence-electron chi connectivity index (χ2n) is 5.37. The fraction of sp³-hybridized carbons (Fsp3) is 0.611. The molecule has 23 heavy (non-hydrogen) atoms. The van der Waals surface area contributed by atoms with Gasteiger partial charge in [-0.1, -0.05) is 37.6 Å². The van der Waals surface area contributed by atoms with E-state index < -0.39 is 0 Å². The molecule has 0 radical (unpaired) electrons. The SMILES string of the molecule is CCCCOCCCNC(=NC)NCc1ccccc1COC. The van der Waals surface area contributed by atoms with Gasteiger partial charge in [0, 0.05) is 40.5 Å². The van der Waals surface area contributed by atoms with E-state index in [4.69, 9.17) is 9.47 Å². The highest BCUT2D eigenvalue weighted by Gasteiger charge is 2.03. The molecule has 0 bridgehead atoms. The number of unbranched alkanes of at least 4 members (excludes halogenated alkanes) is 1. The molecule has 130 valence electrons. The van der Waals surface area contributed by atoms with Crippen molar-refractivity contribution in [2.45, 2.75) is 39.3 Å². The zero-order chi connectivity index (χ0) is 16.8. The van der Waals surface area contributed by atoms with Gasteiger partial charge in [-0.05, 0) is 24.0 Å². The number of nitrogens with one attached hydrogen (secondary N) is 2. The van der Waals surface area contributed by atoms with Crippen LogP contribution in [0.3, 0.4) is 0 Å². The van der Waals surface area contributed by atoms with Crippen molar-refractivity contribution in [2.75, 3.05) is 33.9 Å². The third-order valence-electron chi connectivity index (χ3n) is 3.49. The lowest BCUT2D eigenvalue weighted by Gasteiger charge is -2.14. The molecular weight excluding hydrogens is 290 g/mol. The largest absolute Gasteiger partial charge is 0.381 e. The molecule has 0 atom stereocenters. The third kappa shape index (κ3) is 8.57. The summed E-state index contributed by atoms with van der Waals surface area (Å²) in [5, 5.41) is 6.65. The lowest BCUT2D eigenvalue weighted by molar-refractivity contribution is 0.129. The lowest BCUT2D eigenvalue weighted by atomic mass is 10.1. The van der Waals surface area contributed by atoms with Crippen LogP contribution in [0.1, 0.15) is 37.3 Å². The summed E-state index contributed by atoms with van der Waals surface area (Å²) in [4.78, 5) is 4.25. The molecule has 1 aromatic rings. The molecule has 5 heteroatoms. The minimum Gasteiger partial charge on any atom is -0.381 e. The monoisotopic (exact) mass is 321 g/mol. The van der Waals surface area contributed by atoms with Crippen LogP contribution in [-0.2, 0) is 22.6 Å². The van der Waals surface area contributed by atoms with Crippen LogP contribution in [0.4, 0.5) is 0 Å². The Kier molecular flexibility index (Phi) is 10.9. The highest BCUT2D eigenvalue weighted by molar-refractivity contribution is 5.79. The van der Waals surface area contributed by atoms with E-state index in [1.165, 1.54) is 17.5 Å². The van der Waals surface area contributed by atoms with Gasteiger partial charge in [0.25, 0.3) is 0 Å². The maximum Gasteiger partial charge on any atom is 0.191 e. The van der Waals surface area contributed by atoms with Gasteiger partial charge in [0.1, 0.15) is 0 Å². The van der Waals surface area contributed by atoms with Gasteiger partial charge in [-0.3, -0.25) is 4.99 Å². The third-order valence-corrected chi connectivity index (χ3v) is 3.49. The lowest BCUT2D eigenvalue weighted by Crippen LogP contribution is -2.37. The summed E-state index contributed by atoms with van der Waals surface area (Å²) in [5.41, 5.74) is 2.42. The molecule has 0 spiro atoms. The zero-order valence-corrected chi connectivity index (χ0v) is 14.7. The van der Waals surface area contributed by atoms with Gasteiger partial charge >= 0.3 is 0 Å². The topological polar surface area (TPSA) is 54.9 Å². The first kappa shape index (κ1) is 19.5. The standard InChI is InChI=1S/C18H31N3O2/c1-4-5-12-23-13-8-11-20-18(19-2)21-14-16-9-6-7-10-17(16)15-22-3/h6-7,9-10H,4-5,8,11-15H2,1-3H3,(H2,19,20,21). The van der Waals surface area contributed by atoms with E-state index in [1.54, 1.807) is 14.2 Å². The Bertz CT molecular complexity index is 450. The van der Waals surface area contributed by atoms with Crippen LogP contribution in [-0.4, -0.2) is 39.9 Å². The summed E-state index contributed by atoms with van der Waals surface area (Å²) in [6.45, 7) is 6.03. The van der Waals surface area contributed by atoms with E-state index in [0.717, 1.165) is 45.1 Å².